The molecule has 5 rings (SSSR count). The Hall–Kier alpha value is -4.26. The van der Waals surface area contributed by atoms with Crippen molar-refractivity contribution < 1.29 is 23.4 Å². The molecule has 0 amide bonds. The lowest BCUT2D eigenvalue weighted by Crippen LogP contribution is -2.54. The summed E-state index contributed by atoms with van der Waals surface area (Å²) in [5.41, 5.74) is 3.27. The Balaban J connectivity index is 1.21. The molecule has 1 saturated heterocycles. The van der Waals surface area contributed by atoms with Crippen LogP contribution < -0.4 is 14.4 Å². The van der Waals surface area contributed by atoms with E-state index in [1.165, 1.54) is 19.2 Å². The van der Waals surface area contributed by atoms with Gasteiger partial charge in [-0.05, 0) is 66.2 Å². The monoisotopic (exact) mass is 472 g/mol. The van der Waals surface area contributed by atoms with Crippen LogP contribution >= 0.6 is 0 Å². The van der Waals surface area contributed by atoms with E-state index in [4.69, 9.17) is 14.2 Å². The van der Waals surface area contributed by atoms with Crippen LogP contribution in [0.1, 0.15) is 15.9 Å². The van der Waals surface area contributed by atoms with Gasteiger partial charge in [-0.15, -0.1) is 0 Å². The molecule has 35 heavy (non-hydrogen) atoms. The number of hydrogen-bond acceptors (Lipinski definition) is 5. The molecule has 0 unspecified atom stereocenters. The molecule has 0 spiro atoms. The number of methoxy groups -OCH3 is 1. The van der Waals surface area contributed by atoms with E-state index in [1.807, 2.05) is 65.5 Å². The Labute approximate surface area is 203 Å². The average Bonchev–Trinajstić information content (AvgIpc) is 3.40. The number of rotatable bonds is 8. The van der Waals surface area contributed by atoms with Crippen molar-refractivity contribution in [3.05, 3.63) is 108 Å². The minimum Gasteiger partial charge on any atom is -0.489 e. The summed E-state index contributed by atoms with van der Waals surface area (Å²) in [5, 5.41) is 0. The highest BCUT2D eigenvalue weighted by molar-refractivity contribution is 5.96. The number of carbonyl (C=O) groups is 1. The third kappa shape index (κ3) is 4.99. The highest BCUT2D eigenvalue weighted by Crippen LogP contribution is 2.33. The second kappa shape index (κ2) is 9.93. The number of ether oxygens (including phenoxy) is 3. The molecule has 0 radical (unpaired) electrons. The van der Waals surface area contributed by atoms with E-state index in [0.717, 1.165) is 22.7 Å². The van der Waals surface area contributed by atoms with Crippen molar-refractivity contribution in [2.24, 2.45) is 0 Å². The molecule has 3 aromatic carbocycles. The van der Waals surface area contributed by atoms with Gasteiger partial charge < -0.3 is 23.7 Å². The van der Waals surface area contributed by atoms with E-state index in [-0.39, 0.29) is 17.9 Å². The number of halogens is 1. The maximum Gasteiger partial charge on any atom is 0.340 e. The molecule has 1 fully saturated rings. The third-order valence-corrected chi connectivity index (χ3v) is 5.92. The first kappa shape index (κ1) is 22.5. The molecule has 6 nitrogen and oxygen atoms in total. The van der Waals surface area contributed by atoms with E-state index >= 15 is 0 Å². The zero-order chi connectivity index (χ0) is 24.2. The van der Waals surface area contributed by atoms with Crippen molar-refractivity contribution >= 4 is 11.7 Å². The van der Waals surface area contributed by atoms with Crippen LogP contribution in [0.3, 0.4) is 0 Å². The Morgan fingerprint density at radius 1 is 0.914 bits per heavy atom. The van der Waals surface area contributed by atoms with Crippen LogP contribution in [-0.4, -0.2) is 36.8 Å². The smallest absolute Gasteiger partial charge is 0.340 e. The van der Waals surface area contributed by atoms with Crippen molar-refractivity contribution in [3.8, 4) is 17.2 Å². The lowest BCUT2D eigenvalue weighted by atomic mass is 10.1. The lowest BCUT2D eigenvalue weighted by Gasteiger charge is -2.41. The normalized spacial score (nSPS) is 13.3. The van der Waals surface area contributed by atoms with Gasteiger partial charge in [0.2, 0.25) is 0 Å². The molecule has 0 atom stereocenters. The fourth-order valence-electron chi connectivity index (χ4n) is 4.08. The number of para-hydroxylation sites is 1. The second-order valence-corrected chi connectivity index (χ2v) is 8.29. The molecule has 2 heterocycles. The molecule has 1 aliphatic heterocycles. The van der Waals surface area contributed by atoms with Gasteiger partial charge in [0.05, 0.1) is 37.1 Å². The van der Waals surface area contributed by atoms with Crippen LogP contribution in [-0.2, 0) is 11.3 Å². The van der Waals surface area contributed by atoms with Crippen LogP contribution in [0.15, 0.2) is 91.3 Å². The highest BCUT2D eigenvalue weighted by atomic mass is 19.1. The molecule has 4 aromatic rings. The first-order chi connectivity index (χ1) is 17.1. The largest absolute Gasteiger partial charge is 0.489 e. The number of benzene rings is 3. The summed E-state index contributed by atoms with van der Waals surface area (Å²) in [7, 11) is 1.39. The number of hydrogen-bond donors (Lipinski definition) is 0. The zero-order valence-corrected chi connectivity index (χ0v) is 19.3. The van der Waals surface area contributed by atoms with Gasteiger partial charge in [-0.3, -0.25) is 0 Å². The van der Waals surface area contributed by atoms with Gasteiger partial charge in [0.25, 0.3) is 0 Å². The number of aromatic nitrogens is 1. The number of carbonyl (C=O) groups excluding carboxylic acids is 1. The summed E-state index contributed by atoms with van der Waals surface area (Å²) in [5.74, 6) is 0.754. The number of nitrogens with zero attached hydrogens (tertiary/aromatic N) is 2. The number of esters is 1. The quantitative estimate of drug-likeness (QED) is 0.328. The number of anilines is 1. The second-order valence-electron chi connectivity index (χ2n) is 8.29. The van der Waals surface area contributed by atoms with Gasteiger partial charge in [0.1, 0.15) is 30.0 Å². The van der Waals surface area contributed by atoms with Crippen molar-refractivity contribution in [3.63, 3.8) is 0 Å². The van der Waals surface area contributed by atoms with Gasteiger partial charge in [0.15, 0.2) is 0 Å². The van der Waals surface area contributed by atoms with Gasteiger partial charge in [-0.2, -0.15) is 0 Å². The molecule has 0 bridgehead atoms. The molecule has 0 saturated carbocycles. The lowest BCUT2D eigenvalue weighted by molar-refractivity contribution is 0.0600. The van der Waals surface area contributed by atoms with Crippen LogP contribution in [0.25, 0.3) is 5.69 Å². The maximum atomic E-state index is 13.0. The van der Waals surface area contributed by atoms with Gasteiger partial charge in [-0.25, -0.2) is 9.18 Å². The van der Waals surface area contributed by atoms with E-state index in [0.29, 0.717) is 31.0 Å². The summed E-state index contributed by atoms with van der Waals surface area (Å²) in [6, 6.07) is 23.2. The van der Waals surface area contributed by atoms with E-state index in [2.05, 4.69) is 4.90 Å². The molecule has 1 aromatic heterocycles. The SMILES string of the molecule is COC(=O)c1cccc(N2CC(Oc3ccc(COc4ccc(F)cc4)cc3)C2)c1-n1cccc1. The Kier molecular flexibility index (Phi) is 6.39. The fourth-order valence-corrected chi connectivity index (χ4v) is 4.08. The van der Waals surface area contributed by atoms with Crippen molar-refractivity contribution in [2.45, 2.75) is 12.7 Å². The Morgan fingerprint density at radius 2 is 1.60 bits per heavy atom. The van der Waals surface area contributed by atoms with Crippen LogP contribution in [0.5, 0.6) is 11.5 Å². The Bertz CT molecular complexity index is 1280. The van der Waals surface area contributed by atoms with E-state index in [9.17, 15) is 9.18 Å². The van der Waals surface area contributed by atoms with Gasteiger partial charge in [0, 0.05) is 12.4 Å². The zero-order valence-electron chi connectivity index (χ0n) is 19.3. The molecular formula is C28H25FN2O4. The van der Waals surface area contributed by atoms with Crippen molar-refractivity contribution in [1.29, 1.82) is 0 Å². The molecule has 7 heteroatoms. The van der Waals surface area contributed by atoms with Crippen molar-refractivity contribution in [1.82, 2.24) is 4.57 Å². The molecule has 0 N–H and O–H groups in total. The topological polar surface area (TPSA) is 52.9 Å². The fraction of sp³-hybridized carbons (Fsp3) is 0.179. The van der Waals surface area contributed by atoms with Crippen LogP contribution in [0.2, 0.25) is 0 Å². The standard InChI is InChI=1S/C28H25FN2O4/c1-33-28(32)25-5-4-6-26(27(25)30-15-2-3-16-30)31-17-24(18-31)35-23-11-7-20(8-12-23)19-34-22-13-9-21(29)10-14-22/h2-16,24H,17-19H2,1H3. The molecule has 0 aliphatic carbocycles. The molecule has 178 valence electrons. The predicted molar refractivity (Wildman–Crippen MR) is 131 cm³/mol. The predicted octanol–water partition coefficient (Wildman–Crippen LogP) is 5.25. The maximum absolute atomic E-state index is 13.0. The minimum atomic E-state index is -0.368. The first-order valence-corrected chi connectivity index (χ1v) is 11.3. The van der Waals surface area contributed by atoms with Crippen LogP contribution in [0.4, 0.5) is 10.1 Å². The average molecular weight is 473 g/mol. The third-order valence-electron chi connectivity index (χ3n) is 5.92. The van der Waals surface area contributed by atoms with Gasteiger partial charge in [-0.1, -0.05) is 18.2 Å². The minimum absolute atomic E-state index is 0.0376. The Morgan fingerprint density at radius 3 is 2.29 bits per heavy atom. The van der Waals surface area contributed by atoms with Crippen LogP contribution in [0, 0.1) is 5.82 Å². The highest BCUT2D eigenvalue weighted by Gasteiger charge is 2.32. The summed E-state index contributed by atoms with van der Waals surface area (Å²) in [6.45, 7) is 1.80. The summed E-state index contributed by atoms with van der Waals surface area (Å²) >= 11 is 0. The first-order valence-electron chi connectivity index (χ1n) is 11.3. The summed E-state index contributed by atoms with van der Waals surface area (Å²) < 4.78 is 31.8. The van der Waals surface area contributed by atoms with E-state index < -0.39 is 0 Å². The molecule has 1 aliphatic rings. The van der Waals surface area contributed by atoms with Crippen molar-refractivity contribution in [2.75, 3.05) is 25.1 Å². The van der Waals surface area contributed by atoms with E-state index in [1.54, 1.807) is 18.2 Å². The van der Waals surface area contributed by atoms with Gasteiger partial charge >= 0.3 is 5.97 Å². The molecular weight excluding hydrogens is 447 g/mol. The summed E-state index contributed by atoms with van der Waals surface area (Å²) in [4.78, 5) is 14.6. The summed E-state index contributed by atoms with van der Waals surface area (Å²) in [6.07, 6.45) is 3.87.